The van der Waals surface area contributed by atoms with E-state index in [1.54, 1.807) is 0 Å². The van der Waals surface area contributed by atoms with Crippen LogP contribution in [0.3, 0.4) is 0 Å². The maximum Gasteiger partial charge on any atom is 0.255 e. The van der Waals surface area contributed by atoms with Crippen molar-refractivity contribution in [1.82, 2.24) is 9.38 Å². The van der Waals surface area contributed by atoms with Gasteiger partial charge in [-0.15, -0.1) is 0 Å². The predicted octanol–water partition coefficient (Wildman–Crippen LogP) is 7.03. The maximum atomic E-state index is 12.9. The minimum absolute atomic E-state index is 0.130. The molecule has 6 heteroatoms. The van der Waals surface area contributed by atoms with Crippen LogP contribution in [0.2, 0.25) is 0 Å². The molecule has 6 nitrogen and oxygen atoms in total. The normalized spacial score (nSPS) is 13.8. The summed E-state index contributed by atoms with van der Waals surface area (Å²) in [6.45, 7) is 4.49. The third kappa shape index (κ3) is 5.12. The molecule has 0 bridgehead atoms. The zero-order valence-electron chi connectivity index (χ0n) is 21.8. The lowest BCUT2D eigenvalue weighted by molar-refractivity contribution is 0.102. The molecular weight excluding hydrogens is 482 g/mol. The van der Waals surface area contributed by atoms with Crippen molar-refractivity contribution >= 4 is 22.9 Å². The number of nitriles is 1. The number of piperidine rings is 1. The number of nitrogens with zero attached hydrogens (tertiary/aromatic N) is 4. The molecule has 2 aromatic heterocycles. The van der Waals surface area contributed by atoms with E-state index in [1.807, 2.05) is 83.4 Å². The number of pyridine rings is 1. The van der Waals surface area contributed by atoms with Gasteiger partial charge in [0.2, 0.25) is 0 Å². The SMILES string of the molecule is CC1CCN(c2ccc(NC(=O)c3ccc(-c4ccc5ncc(-c6ccc(C#N)cc6)n5c4)cc3)cc2)CC1. The first-order chi connectivity index (χ1) is 19.1. The van der Waals surface area contributed by atoms with Crippen molar-refractivity contribution in [2.75, 3.05) is 23.3 Å². The van der Waals surface area contributed by atoms with E-state index < -0.39 is 0 Å². The number of hydrogen-bond donors (Lipinski definition) is 1. The molecular formula is C33H29N5O. The van der Waals surface area contributed by atoms with E-state index in [2.05, 4.69) is 46.5 Å². The van der Waals surface area contributed by atoms with Crippen molar-refractivity contribution < 1.29 is 4.79 Å². The third-order valence-electron chi connectivity index (χ3n) is 7.57. The van der Waals surface area contributed by atoms with Gasteiger partial charge >= 0.3 is 0 Å². The molecule has 1 amide bonds. The smallest absolute Gasteiger partial charge is 0.255 e. The fourth-order valence-electron chi connectivity index (χ4n) is 5.12. The zero-order chi connectivity index (χ0) is 26.8. The van der Waals surface area contributed by atoms with Gasteiger partial charge in [0, 0.05) is 41.8 Å². The van der Waals surface area contributed by atoms with Crippen molar-refractivity contribution in [3.63, 3.8) is 0 Å². The van der Waals surface area contributed by atoms with E-state index in [1.165, 1.54) is 18.5 Å². The highest BCUT2D eigenvalue weighted by Gasteiger charge is 2.16. The Hall–Kier alpha value is -4.89. The lowest BCUT2D eigenvalue weighted by atomic mass is 9.99. The second-order valence-electron chi connectivity index (χ2n) is 10.2. The van der Waals surface area contributed by atoms with Crippen molar-refractivity contribution in [3.8, 4) is 28.5 Å². The summed E-state index contributed by atoms with van der Waals surface area (Å²) in [5.41, 5.74) is 8.04. The second kappa shape index (κ2) is 10.5. The van der Waals surface area contributed by atoms with Crippen molar-refractivity contribution in [2.24, 2.45) is 5.92 Å². The van der Waals surface area contributed by atoms with Gasteiger partial charge in [-0.2, -0.15) is 5.26 Å². The Morgan fingerprint density at radius 1 is 0.872 bits per heavy atom. The predicted molar refractivity (Wildman–Crippen MR) is 156 cm³/mol. The van der Waals surface area contributed by atoms with Gasteiger partial charge in [0.15, 0.2) is 0 Å². The molecule has 0 aliphatic carbocycles. The summed E-state index contributed by atoms with van der Waals surface area (Å²) in [6.07, 6.45) is 6.34. The van der Waals surface area contributed by atoms with Gasteiger partial charge in [-0.1, -0.05) is 31.2 Å². The Labute approximate surface area is 228 Å². The average molecular weight is 512 g/mol. The van der Waals surface area contributed by atoms with Gasteiger partial charge in [0.05, 0.1) is 23.5 Å². The van der Waals surface area contributed by atoms with E-state index in [0.29, 0.717) is 11.1 Å². The maximum absolute atomic E-state index is 12.9. The van der Waals surface area contributed by atoms with E-state index in [0.717, 1.165) is 52.7 Å². The number of hydrogen-bond acceptors (Lipinski definition) is 4. The minimum atomic E-state index is -0.130. The average Bonchev–Trinajstić information content (AvgIpc) is 3.41. The summed E-state index contributed by atoms with van der Waals surface area (Å²) >= 11 is 0. The molecule has 1 N–H and O–H groups in total. The number of anilines is 2. The highest BCUT2D eigenvalue weighted by Crippen LogP contribution is 2.27. The van der Waals surface area contributed by atoms with Crippen LogP contribution in [-0.2, 0) is 0 Å². The van der Waals surface area contributed by atoms with E-state index >= 15 is 0 Å². The van der Waals surface area contributed by atoms with Gasteiger partial charge < -0.3 is 10.2 Å². The Morgan fingerprint density at radius 3 is 2.23 bits per heavy atom. The molecule has 0 saturated carbocycles. The summed E-state index contributed by atoms with van der Waals surface area (Å²) in [4.78, 5) is 19.9. The van der Waals surface area contributed by atoms with Crippen molar-refractivity contribution in [3.05, 3.63) is 108 Å². The third-order valence-corrected chi connectivity index (χ3v) is 7.57. The first kappa shape index (κ1) is 24.4. The molecule has 1 aliphatic rings. The molecule has 1 aliphatic heterocycles. The molecule has 192 valence electrons. The lowest BCUT2D eigenvalue weighted by Crippen LogP contribution is -2.32. The Bertz CT molecular complexity index is 1650. The topological polar surface area (TPSA) is 73.4 Å². The molecule has 0 unspecified atom stereocenters. The molecule has 39 heavy (non-hydrogen) atoms. The van der Waals surface area contributed by atoms with Gasteiger partial charge in [-0.3, -0.25) is 9.20 Å². The van der Waals surface area contributed by atoms with E-state index in [4.69, 9.17) is 5.26 Å². The molecule has 0 radical (unpaired) electrons. The number of imidazole rings is 1. The van der Waals surface area contributed by atoms with Gasteiger partial charge in [-0.25, -0.2) is 4.98 Å². The first-order valence-corrected chi connectivity index (χ1v) is 13.3. The lowest BCUT2D eigenvalue weighted by Gasteiger charge is -2.32. The molecule has 1 saturated heterocycles. The number of fused-ring (bicyclic) bond motifs is 1. The van der Waals surface area contributed by atoms with Gasteiger partial charge in [-0.05, 0) is 90.6 Å². The Balaban J connectivity index is 1.16. The summed E-state index contributed by atoms with van der Waals surface area (Å²) in [5, 5.41) is 12.1. The highest BCUT2D eigenvalue weighted by molar-refractivity contribution is 6.04. The number of rotatable bonds is 5. The van der Waals surface area contributed by atoms with Crippen molar-refractivity contribution in [1.29, 1.82) is 5.26 Å². The summed E-state index contributed by atoms with van der Waals surface area (Å²) < 4.78 is 2.05. The number of amides is 1. The van der Waals surface area contributed by atoms with Crippen LogP contribution in [0, 0.1) is 17.2 Å². The van der Waals surface area contributed by atoms with Crippen LogP contribution < -0.4 is 10.2 Å². The minimum Gasteiger partial charge on any atom is -0.372 e. The summed E-state index contributed by atoms with van der Waals surface area (Å²) in [6, 6.07) is 29.4. The Morgan fingerprint density at radius 2 is 1.54 bits per heavy atom. The second-order valence-corrected chi connectivity index (χ2v) is 10.2. The molecule has 0 atom stereocenters. The number of benzene rings is 3. The first-order valence-electron chi connectivity index (χ1n) is 13.3. The fourth-order valence-corrected chi connectivity index (χ4v) is 5.12. The zero-order valence-corrected chi connectivity index (χ0v) is 21.8. The molecule has 3 aromatic carbocycles. The fraction of sp³-hybridized carbons (Fsp3) is 0.182. The number of aromatic nitrogens is 2. The number of carbonyl (C=O) groups is 1. The van der Waals surface area contributed by atoms with Crippen LogP contribution in [-0.4, -0.2) is 28.4 Å². The molecule has 5 aromatic rings. The molecule has 6 rings (SSSR count). The molecule has 1 fully saturated rings. The van der Waals surface area contributed by atoms with Crippen LogP contribution in [0.15, 0.2) is 97.3 Å². The van der Waals surface area contributed by atoms with Crippen LogP contribution in [0.25, 0.3) is 28.0 Å². The van der Waals surface area contributed by atoms with Crippen LogP contribution >= 0.6 is 0 Å². The largest absolute Gasteiger partial charge is 0.372 e. The van der Waals surface area contributed by atoms with E-state index in [-0.39, 0.29) is 5.91 Å². The summed E-state index contributed by atoms with van der Waals surface area (Å²) in [5.74, 6) is 0.667. The number of carbonyl (C=O) groups excluding carboxylic acids is 1. The van der Waals surface area contributed by atoms with E-state index in [9.17, 15) is 4.79 Å². The van der Waals surface area contributed by atoms with Crippen LogP contribution in [0.5, 0.6) is 0 Å². The van der Waals surface area contributed by atoms with Gasteiger partial charge in [0.1, 0.15) is 5.65 Å². The Kier molecular flexibility index (Phi) is 6.56. The summed E-state index contributed by atoms with van der Waals surface area (Å²) in [7, 11) is 0. The van der Waals surface area contributed by atoms with Crippen LogP contribution in [0.1, 0.15) is 35.7 Å². The quantitative estimate of drug-likeness (QED) is 0.275. The van der Waals surface area contributed by atoms with Crippen LogP contribution in [0.4, 0.5) is 11.4 Å². The van der Waals surface area contributed by atoms with Gasteiger partial charge in [0.25, 0.3) is 5.91 Å². The highest BCUT2D eigenvalue weighted by atomic mass is 16.1. The standard InChI is InChI=1S/C33H29N5O/c1-23-16-18-37(19-17-23)30-13-11-29(12-14-30)36-33(39)27-8-6-25(7-9-27)28-10-15-32-35-21-31(38(32)22-28)26-4-2-24(20-34)3-5-26/h2-15,21-23H,16-19H2,1H3,(H,36,39). The number of nitrogens with one attached hydrogen (secondary N) is 1. The molecule has 0 spiro atoms. The van der Waals surface area contributed by atoms with Crippen molar-refractivity contribution in [2.45, 2.75) is 19.8 Å². The molecule has 3 heterocycles. The monoisotopic (exact) mass is 511 g/mol.